The number of likely N-dealkylation sites (tertiary alicyclic amines) is 1. The van der Waals surface area contributed by atoms with Crippen LogP contribution >= 0.6 is 0 Å². The average molecular weight is 385 g/mol. The average Bonchev–Trinajstić information content (AvgIpc) is 3.35. The zero-order valence-corrected chi connectivity index (χ0v) is 16.8. The van der Waals surface area contributed by atoms with E-state index in [0.717, 1.165) is 31.2 Å². The van der Waals surface area contributed by atoms with Crippen LogP contribution in [0.3, 0.4) is 0 Å². The van der Waals surface area contributed by atoms with Gasteiger partial charge in [0, 0.05) is 26.1 Å². The van der Waals surface area contributed by atoms with E-state index >= 15 is 0 Å². The first-order valence-corrected chi connectivity index (χ1v) is 9.32. The number of esters is 1. The number of methoxy groups -OCH3 is 2. The molecule has 0 spiro atoms. The van der Waals surface area contributed by atoms with Crippen molar-refractivity contribution in [1.82, 2.24) is 10.2 Å². The van der Waals surface area contributed by atoms with Gasteiger partial charge in [-0.3, -0.25) is 4.99 Å². The molecular weight excluding hydrogens is 358 g/mol. The van der Waals surface area contributed by atoms with Crippen molar-refractivity contribution in [2.24, 2.45) is 4.99 Å². The predicted octanol–water partition coefficient (Wildman–Crippen LogP) is 2.95. The van der Waals surface area contributed by atoms with Crippen LogP contribution in [0.25, 0.3) is 0 Å². The number of nitrogens with zero attached hydrogens (tertiary/aromatic N) is 2. The highest BCUT2D eigenvalue weighted by molar-refractivity contribution is 5.90. The van der Waals surface area contributed by atoms with Crippen LogP contribution in [0, 0.1) is 6.92 Å². The van der Waals surface area contributed by atoms with Gasteiger partial charge in [-0.25, -0.2) is 4.79 Å². The molecule has 1 unspecified atom stereocenters. The Morgan fingerprint density at radius 3 is 2.71 bits per heavy atom. The molecule has 1 fully saturated rings. The van der Waals surface area contributed by atoms with Gasteiger partial charge in [0.05, 0.1) is 20.8 Å². The summed E-state index contributed by atoms with van der Waals surface area (Å²) < 4.78 is 15.7. The van der Waals surface area contributed by atoms with Crippen LogP contribution in [-0.4, -0.2) is 51.2 Å². The van der Waals surface area contributed by atoms with E-state index < -0.39 is 5.97 Å². The number of guanidine groups is 1. The highest BCUT2D eigenvalue weighted by atomic mass is 16.5. The Hall–Kier alpha value is -2.96. The molecule has 1 aliphatic rings. The fraction of sp³-hybridized carbons (Fsp3) is 0.429. The van der Waals surface area contributed by atoms with E-state index in [1.807, 2.05) is 12.1 Å². The molecule has 150 valence electrons. The minimum atomic E-state index is -0.390. The molecule has 2 aromatic rings. The maximum absolute atomic E-state index is 11.7. The van der Waals surface area contributed by atoms with E-state index in [4.69, 9.17) is 13.9 Å². The fourth-order valence-electron chi connectivity index (χ4n) is 3.54. The Morgan fingerprint density at radius 2 is 2.07 bits per heavy atom. The number of ether oxygens (including phenoxy) is 2. The molecule has 1 atom stereocenters. The molecule has 7 heteroatoms. The van der Waals surface area contributed by atoms with Crippen molar-refractivity contribution in [3.05, 3.63) is 53.0 Å². The first-order valence-electron chi connectivity index (χ1n) is 9.32. The van der Waals surface area contributed by atoms with Crippen molar-refractivity contribution >= 4 is 11.9 Å². The molecule has 7 nitrogen and oxygen atoms in total. The topological polar surface area (TPSA) is 76.3 Å². The zero-order chi connectivity index (χ0) is 20.1. The Bertz CT molecular complexity index is 842. The smallest absolute Gasteiger partial charge is 0.341 e. The first-order chi connectivity index (χ1) is 13.5. The van der Waals surface area contributed by atoms with E-state index in [1.54, 1.807) is 27.1 Å². The van der Waals surface area contributed by atoms with Crippen molar-refractivity contribution in [3.8, 4) is 5.75 Å². The Labute approximate surface area is 165 Å². The van der Waals surface area contributed by atoms with E-state index in [1.165, 1.54) is 12.7 Å². The summed E-state index contributed by atoms with van der Waals surface area (Å²) in [6, 6.07) is 9.98. The molecule has 0 amide bonds. The summed E-state index contributed by atoms with van der Waals surface area (Å²) in [5, 5.41) is 3.33. The maximum Gasteiger partial charge on any atom is 0.341 e. The molecule has 0 aliphatic carbocycles. The van der Waals surface area contributed by atoms with E-state index in [9.17, 15) is 4.79 Å². The summed E-state index contributed by atoms with van der Waals surface area (Å²) in [6.07, 6.45) is 1.07. The van der Waals surface area contributed by atoms with Gasteiger partial charge < -0.3 is 24.1 Å². The lowest BCUT2D eigenvalue weighted by atomic mass is 9.98. The molecule has 28 heavy (non-hydrogen) atoms. The second-order valence-electron chi connectivity index (χ2n) is 6.78. The number of aliphatic imine (C=N–C) groups is 1. The highest BCUT2D eigenvalue weighted by Gasteiger charge is 2.26. The van der Waals surface area contributed by atoms with Crippen LogP contribution in [0.4, 0.5) is 0 Å². The predicted molar refractivity (Wildman–Crippen MR) is 107 cm³/mol. The minimum Gasteiger partial charge on any atom is -0.497 e. The van der Waals surface area contributed by atoms with Crippen LogP contribution in [0.2, 0.25) is 0 Å². The van der Waals surface area contributed by atoms with Crippen LogP contribution in [0.5, 0.6) is 5.75 Å². The van der Waals surface area contributed by atoms with Crippen molar-refractivity contribution in [2.75, 3.05) is 34.4 Å². The highest BCUT2D eigenvalue weighted by Crippen LogP contribution is 2.28. The number of aryl methyl sites for hydroxylation is 1. The van der Waals surface area contributed by atoms with Crippen LogP contribution in [0.15, 0.2) is 39.7 Å². The van der Waals surface area contributed by atoms with Crippen LogP contribution in [0.1, 0.15) is 39.8 Å². The molecule has 3 rings (SSSR count). The van der Waals surface area contributed by atoms with Gasteiger partial charge in [0.2, 0.25) is 0 Å². The lowest BCUT2D eigenvalue weighted by molar-refractivity contribution is 0.0599. The van der Waals surface area contributed by atoms with Gasteiger partial charge in [-0.15, -0.1) is 0 Å². The van der Waals surface area contributed by atoms with Gasteiger partial charge in [-0.2, -0.15) is 0 Å². The normalized spacial score (nSPS) is 16.9. The SMILES string of the molecule is CN=C(NCc1cc(C(=O)OC)c(C)o1)N1CCC(c2ccc(OC)cc2)C1. The third-order valence-corrected chi connectivity index (χ3v) is 5.08. The molecule has 1 N–H and O–H groups in total. The number of carbonyl (C=O) groups is 1. The molecule has 1 aliphatic heterocycles. The summed E-state index contributed by atoms with van der Waals surface area (Å²) in [5.41, 5.74) is 1.76. The van der Waals surface area contributed by atoms with Gasteiger partial charge in [0.15, 0.2) is 5.96 Å². The summed E-state index contributed by atoms with van der Waals surface area (Å²) in [4.78, 5) is 18.4. The number of carbonyl (C=O) groups excluding carboxylic acids is 1. The quantitative estimate of drug-likeness (QED) is 0.484. The Kier molecular flexibility index (Phi) is 6.23. The third-order valence-electron chi connectivity index (χ3n) is 5.08. The number of benzene rings is 1. The largest absolute Gasteiger partial charge is 0.497 e. The van der Waals surface area contributed by atoms with Crippen molar-refractivity contribution in [2.45, 2.75) is 25.8 Å². The molecule has 1 aromatic heterocycles. The van der Waals surface area contributed by atoms with E-state index in [0.29, 0.717) is 29.5 Å². The third kappa shape index (κ3) is 4.30. The summed E-state index contributed by atoms with van der Waals surface area (Å²) in [7, 11) is 4.81. The number of rotatable bonds is 5. The molecule has 1 aromatic carbocycles. The van der Waals surface area contributed by atoms with Gasteiger partial charge in [0.25, 0.3) is 0 Å². The van der Waals surface area contributed by atoms with Crippen molar-refractivity contribution in [1.29, 1.82) is 0 Å². The lowest BCUT2D eigenvalue weighted by Gasteiger charge is -2.21. The molecule has 0 radical (unpaired) electrons. The zero-order valence-electron chi connectivity index (χ0n) is 16.8. The van der Waals surface area contributed by atoms with E-state index in [-0.39, 0.29) is 0 Å². The Morgan fingerprint density at radius 1 is 1.32 bits per heavy atom. The minimum absolute atomic E-state index is 0.390. The molecule has 1 saturated heterocycles. The van der Waals surface area contributed by atoms with Gasteiger partial charge >= 0.3 is 5.97 Å². The second kappa shape index (κ2) is 8.82. The van der Waals surface area contributed by atoms with Gasteiger partial charge in [-0.05, 0) is 37.1 Å². The number of hydrogen-bond acceptors (Lipinski definition) is 5. The summed E-state index contributed by atoms with van der Waals surface area (Å²) >= 11 is 0. The van der Waals surface area contributed by atoms with Crippen molar-refractivity contribution in [3.63, 3.8) is 0 Å². The molecular formula is C21H27N3O4. The van der Waals surface area contributed by atoms with Crippen LogP contribution < -0.4 is 10.1 Å². The molecule has 2 heterocycles. The number of nitrogens with one attached hydrogen (secondary N) is 1. The standard InChI is InChI=1S/C21H27N3O4/c1-14-19(20(25)27-4)11-18(28-14)12-23-21(22-2)24-10-9-16(13-24)15-5-7-17(26-3)8-6-15/h5-8,11,16H,9-10,12-13H2,1-4H3,(H,22,23). The monoisotopic (exact) mass is 385 g/mol. The summed E-state index contributed by atoms with van der Waals surface area (Å²) in [5.74, 6) is 2.99. The van der Waals surface area contributed by atoms with Crippen molar-refractivity contribution < 1.29 is 18.7 Å². The molecule has 0 saturated carbocycles. The lowest BCUT2D eigenvalue weighted by Crippen LogP contribution is -2.39. The number of hydrogen-bond donors (Lipinski definition) is 1. The summed E-state index contributed by atoms with van der Waals surface area (Å²) in [6.45, 7) is 4.04. The van der Waals surface area contributed by atoms with Gasteiger partial charge in [0.1, 0.15) is 22.8 Å². The first kappa shape index (κ1) is 19.8. The molecule has 0 bridgehead atoms. The Balaban J connectivity index is 1.59. The van der Waals surface area contributed by atoms with Crippen LogP contribution in [-0.2, 0) is 11.3 Å². The fourth-order valence-corrected chi connectivity index (χ4v) is 3.54. The van der Waals surface area contributed by atoms with Gasteiger partial charge in [-0.1, -0.05) is 12.1 Å². The second-order valence-corrected chi connectivity index (χ2v) is 6.78. The number of furan rings is 1. The maximum atomic E-state index is 11.7. The van der Waals surface area contributed by atoms with E-state index in [2.05, 4.69) is 27.3 Å².